The summed E-state index contributed by atoms with van der Waals surface area (Å²) in [4.78, 5) is 24.8. The zero-order chi connectivity index (χ0) is 15.1. The van der Waals surface area contributed by atoms with Crippen molar-refractivity contribution in [2.24, 2.45) is 0 Å². The van der Waals surface area contributed by atoms with Crippen molar-refractivity contribution in [3.8, 4) is 0 Å². The number of allylic oxidation sites excluding steroid dienone is 2. The molecule has 1 rings (SSSR count). The molecule has 0 saturated carbocycles. The third kappa shape index (κ3) is 5.17. The van der Waals surface area contributed by atoms with Gasteiger partial charge in [-0.3, -0.25) is 9.59 Å². The molecule has 0 aromatic carbocycles. The van der Waals surface area contributed by atoms with Crippen LogP contribution in [0.5, 0.6) is 0 Å². The van der Waals surface area contributed by atoms with Gasteiger partial charge in [0.2, 0.25) is 11.8 Å². The molecule has 5 heteroatoms. The number of carbonyl (C=O) groups excluding carboxylic acids is 2. The fourth-order valence-electron chi connectivity index (χ4n) is 1.98. The number of amides is 2. The van der Waals surface area contributed by atoms with Crippen LogP contribution in [-0.4, -0.2) is 49.6 Å². The van der Waals surface area contributed by atoms with Crippen molar-refractivity contribution in [1.29, 1.82) is 0 Å². The van der Waals surface area contributed by atoms with Gasteiger partial charge in [-0.2, -0.15) is 0 Å². The lowest BCUT2D eigenvalue weighted by Gasteiger charge is -2.26. The molecule has 1 aliphatic carbocycles. The van der Waals surface area contributed by atoms with Gasteiger partial charge in [0, 0.05) is 21.0 Å². The summed E-state index contributed by atoms with van der Waals surface area (Å²) in [7, 11) is 3.33. The molecule has 112 valence electrons. The normalized spacial score (nSPS) is 17.1. The third-order valence-corrected chi connectivity index (χ3v) is 3.12. The largest absolute Gasteiger partial charge is 0.371 e. The molecule has 0 bridgehead atoms. The molecule has 0 aromatic heterocycles. The van der Waals surface area contributed by atoms with E-state index in [9.17, 15) is 9.59 Å². The Bertz CT molecular complexity index is 413. The quantitative estimate of drug-likeness (QED) is 0.797. The highest BCUT2D eigenvalue weighted by molar-refractivity contribution is 5.87. The van der Waals surface area contributed by atoms with Crippen LogP contribution in [0, 0.1) is 0 Å². The molecule has 0 heterocycles. The summed E-state index contributed by atoms with van der Waals surface area (Å²) in [5, 5.41) is 2.66. The van der Waals surface area contributed by atoms with E-state index >= 15 is 0 Å². The van der Waals surface area contributed by atoms with E-state index in [1.54, 1.807) is 21.0 Å². The number of likely N-dealkylation sites (N-methyl/N-ethyl adjacent to an activating group) is 1. The van der Waals surface area contributed by atoms with Crippen molar-refractivity contribution in [2.75, 3.05) is 20.7 Å². The maximum absolute atomic E-state index is 12.1. The van der Waals surface area contributed by atoms with E-state index in [-0.39, 0.29) is 17.9 Å². The highest BCUT2D eigenvalue weighted by Gasteiger charge is 2.28. The van der Waals surface area contributed by atoms with Crippen LogP contribution >= 0.6 is 0 Å². The predicted molar refractivity (Wildman–Crippen MR) is 78.2 cm³/mol. The zero-order valence-corrected chi connectivity index (χ0v) is 12.7. The molecule has 0 fully saturated rings. The topological polar surface area (TPSA) is 58.6 Å². The lowest BCUT2D eigenvalue weighted by Crippen LogP contribution is -2.52. The molecule has 2 amide bonds. The summed E-state index contributed by atoms with van der Waals surface area (Å²) in [6, 6.07) is -0.657. The minimum Gasteiger partial charge on any atom is -0.371 e. The van der Waals surface area contributed by atoms with Gasteiger partial charge in [0.15, 0.2) is 0 Å². The number of hydrogen-bond acceptors (Lipinski definition) is 3. The highest BCUT2D eigenvalue weighted by atomic mass is 16.5. The van der Waals surface area contributed by atoms with Gasteiger partial charge in [0.1, 0.15) is 6.04 Å². The molecule has 0 radical (unpaired) electrons. The lowest BCUT2D eigenvalue weighted by atomic mass is 10.1. The van der Waals surface area contributed by atoms with Gasteiger partial charge in [-0.25, -0.2) is 0 Å². The molecule has 1 aliphatic rings. The Morgan fingerprint density at radius 3 is 2.60 bits per heavy atom. The monoisotopic (exact) mass is 280 g/mol. The molecule has 0 aromatic rings. The summed E-state index contributed by atoms with van der Waals surface area (Å²) >= 11 is 0. The molecule has 1 N–H and O–H groups in total. The van der Waals surface area contributed by atoms with Crippen molar-refractivity contribution in [3.05, 3.63) is 23.8 Å². The van der Waals surface area contributed by atoms with E-state index in [4.69, 9.17) is 4.74 Å². The van der Waals surface area contributed by atoms with E-state index < -0.39 is 6.04 Å². The van der Waals surface area contributed by atoms with Gasteiger partial charge in [-0.05, 0) is 25.3 Å². The van der Waals surface area contributed by atoms with E-state index in [0.717, 1.165) is 18.4 Å². The van der Waals surface area contributed by atoms with Gasteiger partial charge in [-0.1, -0.05) is 18.2 Å². The van der Waals surface area contributed by atoms with Gasteiger partial charge in [0.05, 0.1) is 12.7 Å². The Kier molecular flexibility index (Phi) is 6.45. The first-order chi connectivity index (χ1) is 9.41. The molecule has 2 atom stereocenters. The van der Waals surface area contributed by atoms with Crippen LogP contribution in [0.15, 0.2) is 23.8 Å². The Morgan fingerprint density at radius 2 is 2.10 bits per heavy atom. The summed E-state index contributed by atoms with van der Waals surface area (Å²) in [5.74, 6) is -0.404. The number of carbonyl (C=O) groups is 2. The Labute approximate surface area is 120 Å². The van der Waals surface area contributed by atoms with Crippen LogP contribution in [0.25, 0.3) is 0 Å². The zero-order valence-electron chi connectivity index (χ0n) is 12.7. The highest BCUT2D eigenvalue weighted by Crippen LogP contribution is 2.12. The molecule has 0 spiro atoms. The smallest absolute Gasteiger partial charge is 0.247 e. The standard InChI is InChI=1S/C15H24N2O3/c1-11(20-10-13-8-6-5-7-9-13)14(16-12(2)18)15(19)17(3)4/h6,8-9,11,14H,5,7,10H2,1-4H3,(H,16,18). The minimum absolute atomic E-state index is 0.166. The second kappa shape index (κ2) is 7.85. The van der Waals surface area contributed by atoms with E-state index in [2.05, 4.69) is 17.5 Å². The Hall–Kier alpha value is -1.62. The van der Waals surface area contributed by atoms with Crippen LogP contribution in [0.3, 0.4) is 0 Å². The predicted octanol–water partition coefficient (Wildman–Crippen LogP) is 1.26. The molecule has 20 heavy (non-hydrogen) atoms. The minimum atomic E-state index is -0.657. The van der Waals surface area contributed by atoms with Gasteiger partial charge < -0.3 is 15.0 Å². The van der Waals surface area contributed by atoms with Gasteiger partial charge in [0.25, 0.3) is 0 Å². The van der Waals surface area contributed by atoms with Crippen LogP contribution in [-0.2, 0) is 14.3 Å². The van der Waals surface area contributed by atoms with Crippen molar-refractivity contribution < 1.29 is 14.3 Å². The van der Waals surface area contributed by atoms with Gasteiger partial charge in [-0.15, -0.1) is 0 Å². The molecular weight excluding hydrogens is 256 g/mol. The third-order valence-electron chi connectivity index (χ3n) is 3.12. The van der Waals surface area contributed by atoms with Crippen molar-refractivity contribution >= 4 is 11.8 Å². The van der Waals surface area contributed by atoms with E-state index in [1.807, 2.05) is 6.08 Å². The van der Waals surface area contributed by atoms with Crippen LogP contribution in [0.2, 0.25) is 0 Å². The van der Waals surface area contributed by atoms with Crippen LogP contribution in [0.1, 0.15) is 26.7 Å². The van der Waals surface area contributed by atoms with Crippen molar-refractivity contribution in [1.82, 2.24) is 10.2 Å². The number of nitrogens with one attached hydrogen (secondary N) is 1. The molecule has 0 aliphatic heterocycles. The number of rotatable bonds is 6. The Morgan fingerprint density at radius 1 is 1.40 bits per heavy atom. The fraction of sp³-hybridized carbons (Fsp3) is 0.600. The Balaban J connectivity index is 2.60. The van der Waals surface area contributed by atoms with E-state index in [1.165, 1.54) is 11.8 Å². The second-order valence-corrected chi connectivity index (χ2v) is 5.19. The summed E-state index contributed by atoms with van der Waals surface area (Å²) in [6.45, 7) is 3.65. The molecular formula is C15H24N2O3. The first-order valence-corrected chi connectivity index (χ1v) is 6.87. The van der Waals surface area contributed by atoms with Crippen LogP contribution in [0.4, 0.5) is 0 Å². The van der Waals surface area contributed by atoms with E-state index in [0.29, 0.717) is 6.61 Å². The van der Waals surface area contributed by atoms with Gasteiger partial charge >= 0.3 is 0 Å². The van der Waals surface area contributed by atoms with Crippen LogP contribution < -0.4 is 5.32 Å². The summed E-state index contributed by atoms with van der Waals surface area (Å²) in [6.07, 6.45) is 7.98. The molecule has 0 saturated heterocycles. The van der Waals surface area contributed by atoms with Crippen molar-refractivity contribution in [2.45, 2.75) is 38.8 Å². The number of nitrogens with zero attached hydrogens (tertiary/aromatic N) is 1. The summed E-state index contributed by atoms with van der Waals surface area (Å²) < 4.78 is 5.73. The lowest BCUT2D eigenvalue weighted by molar-refractivity contribution is -0.137. The maximum atomic E-state index is 12.1. The summed E-state index contributed by atoms with van der Waals surface area (Å²) in [5.41, 5.74) is 1.11. The average Bonchev–Trinajstić information content (AvgIpc) is 2.42. The number of hydrogen-bond donors (Lipinski definition) is 1. The maximum Gasteiger partial charge on any atom is 0.247 e. The fourth-order valence-corrected chi connectivity index (χ4v) is 1.98. The first kappa shape index (κ1) is 16.4. The first-order valence-electron chi connectivity index (χ1n) is 6.87. The number of ether oxygens (including phenoxy) is 1. The molecule has 5 nitrogen and oxygen atoms in total. The van der Waals surface area contributed by atoms with Crippen molar-refractivity contribution in [3.63, 3.8) is 0 Å². The average molecular weight is 280 g/mol. The second-order valence-electron chi connectivity index (χ2n) is 5.19. The molecule has 2 unspecified atom stereocenters. The SMILES string of the molecule is CC(=O)NC(C(=O)N(C)C)C(C)OCC1=CCCC=C1.